The van der Waals surface area contributed by atoms with Crippen LogP contribution in [0.2, 0.25) is 0 Å². The monoisotopic (exact) mass is 276 g/mol. The first kappa shape index (κ1) is 14.1. The highest BCUT2D eigenvalue weighted by molar-refractivity contribution is 7.14. The summed E-state index contributed by atoms with van der Waals surface area (Å²) in [5.74, 6) is 0. The Balaban J connectivity index is 1.99. The van der Waals surface area contributed by atoms with Crippen molar-refractivity contribution in [2.45, 2.75) is 39.7 Å². The van der Waals surface area contributed by atoms with Crippen LogP contribution >= 0.6 is 11.3 Å². The van der Waals surface area contributed by atoms with Crippen molar-refractivity contribution in [1.82, 2.24) is 20.5 Å². The molecule has 2 aromatic rings. The molecule has 5 heteroatoms. The van der Waals surface area contributed by atoms with Crippen molar-refractivity contribution in [3.63, 3.8) is 0 Å². The van der Waals surface area contributed by atoms with Crippen LogP contribution in [0.1, 0.15) is 31.5 Å². The smallest absolute Gasteiger partial charge is 0.147 e. The van der Waals surface area contributed by atoms with Gasteiger partial charge in [0.15, 0.2) is 0 Å². The van der Waals surface area contributed by atoms with Gasteiger partial charge in [-0.05, 0) is 39.8 Å². The highest BCUT2D eigenvalue weighted by Gasteiger charge is 2.10. The average molecular weight is 276 g/mol. The van der Waals surface area contributed by atoms with Gasteiger partial charge in [0.1, 0.15) is 10.0 Å². The van der Waals surface area contributed by atoms with Gasteiger partial charge in [0.05, 0.1) is 0 Å². The molecule has 2 aromatic heterocycles. The third-order valence-electron chi connectivity index (χ3n) is 2.60. The van der Waals surface area contributed by atoms with Gasteiger partial charge >= 0.3 is 0 Å². The van der Waals surface area contributed by atoms with Gasteiger partial charge in [-0.3, -0.25) is 4.98 Å². The zero-order valence-electron chi connectivity index (χ0n) is 11.9. The molecule has 0 aliphatic carbocycles. The Morgan fingerprint density at radius 3 is 2.74 bits per heavy atom. The number of aryl methyl sites for hydroxylation is 1. The van der Waals surface area contributed by atoms with Gasteiger partial charge in [0.2, 0.25) is 0 Å². The Bertz CT molecular complexity index is 542. The number of rotatable bonds is 4. The molecule has 102 valence electrons. The summed E-state index contributed by atoms with van der Waals surface area (Å²) in [4.78, 5) is 4.20. The first-order valence-corrected chi connectivity index (χ1v) is 7.26. The van der Waals surface area contributed by atoms with E-state index in [4.69, 9.17) is 0 Å². The van der Waals surface area contributed by atoms with Crippen LogP contribution in [0.15, 0.2) is 18.3 Å². The first-order valence-electron chi connectivity index (χ1n) is 6.44. The molecular formula is C14H20N4S. The SMILES string of the molecule is Cc1cc(-c2nnc(CCNC(C)(C)C)s2)ccn1. The van der Waals surface area contributed by atoms with E-state index < -0.39 is 0 Å². The molecule has 0 saturated carbocycles. The van der Waals surface area contributed by atoms with E-state index >= 15 is 0 Å². The summed E-state index contributed by atoms with van der Waals surface area (Å²) >= 11 is 1.66. The fourth-order valence-electron chi connectivity index (χ4n) is 1.69. The van der Waals surface area contributed by atoms with Gasteiger partial charge < -0.3 is 5.32 Å². The van der Waals surface area contributed by atoms with Crippen molar-refractivity contribution in [2.24, 2.45) is 0 Å². The molecule has 1 N–H and O–H groups in total. The van der Waals surface area contributed by atoms with Crippen molar-refractivity contribution in [2.75, 3.05) is 6.54 Å². The summed E-state index contributed by atoms with van der Waals surface area (Å²) in [6.07, 6.45) is 2.73. The number of pyridine rings is 1. The molecule has 2 heterocycles. The number of aromatic nitrogens is 3. The van der Waals surface area contributed by atoms with Crippen molar-refractivity contribution >= 4 is 11.3 Å². The maximum absolute atomic E-state index is 4.26. The molecule has 0 amide bonds. The lowest BCUT2D eigenvalue weighted by molar-refractivity contribution is 0.429. The second-order valence-electron chi connectivity index (χ2n) is 5.61. The molecule has 0 aliphatic rings. The second kappa shape index (κ2) is 5.75. The number of hydrogen-bond donors (Lipinski definition) is 1. The Morgan fingerprint density at radius 2 is 2.05 bits per heavy atom. The lowest BCUT2D eigenvalue weighted by Gasteiger charge is -2.19. The highest BCUT2D eigenvalue weighted by Crippen LogP contribution is 2.23. The van der Waals surface area contributed by atoms with E-state index in [1.807, 2.05) is 25.3 Å². The molecule has 0 aliphatic heterocycles. The van der Waals surface area contributed by atoms with Gasteiger partial charge in [-0.1, -0.05) is 11.3 Å². The number of nitrogens with one attached hydrogen (secondary N) is 1. The number of nitrogens with zero attached hydrogens (tertiary/aromatic N) is 3. The van der Waals surface area contributed by atoms with Crippen LogP contribution < -0.4 is 5.32 Å². The highest BCUT2D eigenvalue weighted by atomic mass is 32.1. The van der Waals surface area contributed by atoms with E-state index in [2.05, 4.69) is 41.3 Å². The normalized spacial score (nSPS) is 11.8. The summed E-state index contributed by atoms with van der Waals surface area (Å²) < 4.78 is 0. The predicted molar refractivity (Wildman–Crippen MR) is 79.3 cm³/mol. The molecule has 0 saturated heterocycles. The lowest BCUT2D eigenvalue weighted by Crippen LogP contribution is -2.37. The third kappa shape index (κ3) is 4.36. The van der Waals surface area contributed by atoms with Crippen molar-refractivity contribution in [3.05, 3.63) is 29.0 Å². The van der Waals surface area contributed by atoms with Gasteiger partial charge in [0.25, 0.3) is 0 Å². The van der Waals surface area contributed by atoms with Gasteiger partial charge in [0, 0.05) is 36.0 Å². The standard InChI is InChI=1S/C14H20N4S/c1-10-9-11(5-7-15-10)13-18-17-12(19-13)6-8-16-14(2,3)4/h5,7,9,16H,6,8H2,1-4H3. The molecule has 0 radical (unpaired) electrons. The van der Waals surface area contributed by atoms with Crippen LogP contribution in [-0.2, 0) is 6.42 Å². The molecule has 4 nitrogen and oxygen atoms in total. The van der Waals surface area contributed by atoms with Crippen LogP contribution in [0, 0.1) is 6.92 Å². The molecule has 19 heavy (non-hydrogen) atoms. The molecule has 2 rings (SSSR count). The van der Waals surface area contributed by atoms with Crippen molar-refractivity contribution in [3.8, 4) is 10.6 Å². The largest absolute Gasteiger partial charge is 0.312 e. The van der Waals surface area contributed by atoms with E-state index in [9.17, 15) is 0 Å². The third-order valence-corrected chi connectivity index (χ3v) is 3.64. The fourth-order valence-corrected chi connectivity index (χ4v) is 2.53. The van der Waals surface area contributed by atoms with Crippen LogP contribution in [0.25, 0.3) is 10.6 Å². The minimum Gasteiger partial charge on any atom is -0.312 e. The van der Waals surface area contributed by atoms with E-state index in [0.717, 1.165) is 34.2 Å². The van der Waals surface area contributed by atoms with Crippen molar-refractivity contribution < 1.29 is 0 Å². The molecule has 0 atom stereocenters. The number of hydrogen-bond acceptors (Lipinski definition) is 5. The fraction of sp³-hybridized carbons (Fsp3) is 0.500. The van der Waals surface area contributed by atoms with Crippen molar-refractivity contribution in [1.29, 1.82) is 0 Å². The summed E-state index contributed by atoms with van der Waals surface area (Å²) in [5.41, 5.74) is 2.25. The minimum atomic E-state index is 0.149. The summed E-state index contributed by atoms with van der Waals surface area (Å²) in [6.45, 7) is 9.40. The van der Waals surface area contributed by atoms with E-state index in [0.29, 0.717) is 0 Å². The van der Waals surface area contributed by atoms with Crippen LogP contribution in [0.3, 0.4) is 0 Å². The van der Waals surface area contributed by atoms with Gasteiger partial charge in [-0.25, -0.2) is 0 Å². The van der Waals surface area contributed by atoms with Gasteiger partial charge in [-0.15, -0.1) is 10.2 Å². The van der Waals surface area contributed by atoms with Crippen LogP contribution in [-0.4, -0.2) is 27.3 Å². The zero-order valence-corrected chi connectivity index (χ0v) is 12.7. The molecular weight excluding hydrogens is 256 g/mol. The predicted octanol–water partition coefficient (Wildman–Crippen LogP) is 2.84. The topological polar surface area (TPSA) is 50.7 Å². The Labute approximate surface area is 118 Å². The molecule has 0 fully saturated rings. The van der Waals surface area contributed by atoms with Crippen LogP contribution in [0.4, 0.5) is 0 Å². The maximum atomic E-state index is 4.26. The van der Waals surface area contributed by atoms with E-state index in [1.165, 1.54) is 0 Å². The molecule has 0 bridgehead atoms. The summed E-state index contributed by atoms with van der Waals surface area (Å²) in [6, 6.07) is 4.02. The first-order chi connectivity index (χ1) is 8.94. The van der Waals surface area contributed by atoms with Crippen LogP contribution in [0.5, 0.6) is 0 Å². The average Bonchev–Trinajstić information content (AvgIpc) is 2.76. The Morgan fingerprint density at radius 1 is 1.26 bits per heavy atom. The minimum absolute atomic E-state index is 0.149. The lowest BCUT2D eigenvalue weighted by atomic mass is 10.1. The quantitative estimate of drug-likeness (QED) is 0.933. The zero-order chi connectivity index (χ0) is 13.9. The maximum Gasteiger partial charge on any atom is 0.147 e. The summed E-state index contributed by atoms with van der Waals surface area (Å²) in [7, 11) is 0. The van der Waals surface area contributed by atoms with Gasteiger partial charge in [-0.2, -0.15) is 0 Å². The molecule has 0 spiro atoms. The van der Waals surface area contributed by atoms with E-state index in [-0.39, 0.29) is 5.54 Å². The molecule has 0 unspecified atom stereocenters. The molecule has 0 aromatic carbocycles. The Kier molecular flexibility index (Phi) is 4.27. The summed E-state index contributed by atoms with van der Waals surface area (Å²) in [5, 5.41) is 14.0. The van der Waals surface area contributed by atoms with E-state index in [1.54, 1.807) is 11.3 Å². The Hall–Kier alpha value is -1.33. The second-order valence-corrected chi connectivity index (χ2v) is 6.68.